The van der Waals surface area contributed by atoms with Crippen molar-refractivity contribution in [1.29, 1.82) is 0 Å². The van der Waals surface area contributed by atoms with Crippen LogP contribution in [0.2, 0.25) is 0 Å². The van der Waals surface area contributed by atoms with E-state index >= 15 is 0 Å². The number of hydrogen-bond acceptors (Lipinski definition) is 3. The SMILES string of the molecule is Cc1cc(C)cc(N2CCC(C(=O)NC(C)(CN)C3CC3)C2=O)c1.Cl. The highest BCUT2D eigenvalue weighted by molar-refractivity contribution is 6.09. The van der Waals surface area contributed by atoms with Crippen molar-refractivity contribution in [3.05, 3.63) is 29.3 Å². The van der Waals surface area contributed by atoms with Crippen LogP contribution >= 0.6 is 12.4 Å². The highest BCUT2D eigenvalue weighted by atomic mass is 35.5. The Bertz CT molecular complexity index is 654. The van der Waals surface area contributed by atoms with Gasteiger partial charge in [0.1, 0.15) is 5.92 Å². The summed E-state index contributed by atoms with van der Waals surface area (Å²) >= 11 is 0. The highest BCUT2D eigenvalue weighted by Crippen LogP contribution is 2.39. The van der Waals surface area contributed by atoms with Gasteiger partial charge >= 0.3 is 0 Å². The van der Waals surface area contributed by atoms with E-state index in [2.05, 4.69) is 11.4 Å². The highest BCUT2D eigenvalue weighted by Gasteiger charge is 2.45. The summed E-state index contributed by atoms with van der Waals surface area (Å²) in [6, 6.07) is 6.08. The van der Waals surface area contributed by atoms with Gasteiger partial charge in [0.25, 0.3) is 0 Å². The zero-order valence-electron chi connectivity index (χ0n) is 15.2. The average Bonchev–Trinajstić information content (AvgIpc) is 3.29. The fourth-order valence-electron chi connectivity index (χ4n) is 3.69. The number of aryl methyl sites for hydroxylation is 2. The number of nitrogens with zero attached hydrogens (tertiary/aromatic N) is 1. The smallest absolute Gasteiger partial charge is 0.239 e. The third-order valence-electron chi connectivity index (χ3n) is 5.35. The molecule has 2 unspecified atom stereocenters. The molecule has 3 N–H and O–H groups in total. The fraction of sp³-hybridized carbons (Fsp3) is 0.579. The molecule has 1 saturated carbocycles. The molecule has 1 aromatic rings. The van der Waals surface area contributed by atoms with Crippen molar-refractivity contribution in [1.82, 2.24) is 5.32 Å². The van der Waals surface area contributed by atoms with Crippen LogP contribution in [0.25, 0.3) is 0 Å². The average molecular weight is 366 g/mol. The number of carbonyl (C=O) groups is 2. The molecule has 0 spiro atoms. The maximum absolute atomic E-state index is 12.8. The Morgan fingerprint density at radius 2 is 1.84 bits per heavy atom. The molecule has 1 aromatic carbocycles. The van der Waals surface area contributed by atoms with Crippen molar-refractivity contribution in [3.8, 4) is 0 Å². The number of carbonyl (C=O) groups excluding carboxylic acids is 2. The van der Waals surface area contributed by atoms with Gasteiger partial charge in [-0.15, -0.1) is 12.4 Å². The molecule has 0 aromatic heterocycles. The number of nitrogens with two attached hydrogens (primary N) is 1. The van der Waals surface area contributed by atoms with Gasteiger partial charge in [0.05, 0.1) is 5.54 Å². The molecular weight excluding hydrogens is 338 g/mol. The molecular formula is C19H28ClN3O2. The molecule has 2 amide bonds. The van der Waals surface area contributed by atoms with Gasteiger partial charge in [0.2, 0.25) is 11.8 Å². The van der Waals surface area contributed by atoms with E-state index < -0.39 is 5.92 Å². The van der Waals surface area contributed by atoms with Gasteiger partial charge in [0, 0.05) is 18.8 Å². The van der Waals surface area contributed by atoms with Crippen molar-refractivity contribution in [2.24, 2.45) is 17.6 Å². The molecule has 25 heavy (non-hydrogen) atoms. The molecule has 1 heterocycles. The number of benzene rings is 1. The third-order valence-corrected chi connectivity index (χ3v) is 5.35. The summed E-state index contributed by atoms with van der Waals surface area (Å²) in [5.74, 6) is -0.437. The van der Waals surface area contributed by atoms with Gasteiger partial charge in [-0.25, -0.2) is 0 Å². The molecule has 1 saturated heterocycles. The zero-order chi connectivity index (χ0) is 17.5. The lowest BCUT2D eigenvalue weighted by molar-refractivity contribution is -0.133. The van der Waals surface area contributed by atoms with Crippen LogP contribution in [0.3, 0.4) is 0 Å². The first kappa shape index (κ1) is 19.7. The Morgan fingerprint density at radius 3 is 2.36 bits per heavy atom. The van der Waals surface area contributed by atoms with Crippen LogP contribution in [0.15, 0.2) is 18.2 Å². The van der Waals surface area contributed by atoms with Crippen molar-refractivity contribution in [2.75, 3.05) is 18.0 Å². The second-order valence-electron chi connectivity index (χ2n) is 7.56. The number of halogens is 1. The van der Waals surface area contributed by atoms with Gasteiger partial charge in [-0.05, 0) is 69.2 Å². The molecule has 6 heteroatoms. The molecule has 1 aliphatic carbocycles. The van der Waals surface area contributed by atoms with E-state index in [4.69, 9.17) is 5.73 Å². The van der Waals surface area contributed by atoms with Crippen molar-refractivity contribution < 1.29 is 9.59 Å². The number of rotatable bonds is 5. The maximum Gasteiger partial charge on any atom is 0.239 e. The quantitative estimate of drug-likeness (QED) is 0.786. The Kier molecular flexibility index (Phi) is 5.79. The predicted octanol–water partition coefficient (Wildman–Crippen LogP) is 2.32. The molecule has 2 atom stereocenters. The van der Waals surface area contributed by atoms with Crippen LogP contribution in [0.4, 0.5) is 5.69 Å². The predicted molar refractivity (Wildman–Crippen MR) is 102 cm³/mol. The van der Waals surface area contributed by atoms with Gasteiger partial charge in [-0.1, -0.05) is 6.07 Å². The zero-order valence-corrected chi connectivity index (χ0v) is 16.0. The van der Waals surface area contributed by atoms with Gasteiger partial charge in [-0.2, -0.15) is 0 Å². The molecule has 0 radical (unpaired) electrons. The normalized spacial score (nSPS) is 22.3. The van der Waals surface area contributed by atoms with Crippen molar-refractivity contribution >= 4 is 29.9 Å². The van der Waals surface area contributed by atoms with Crippen molar-refractivity contribution in [2.45, 2.75) is 45.6 Å². The summed E-state index contributed by atoms with van der Waals surface area (Å²) in [6.45, 7) is 7.02. The van der Waals surface area contributed by atoms with E-state index in [-0.39, 0.29) is 29.8 Å². The van der Waals surface area contributed by atoms with Crippen LogP contribution in [-0.2, 0) is 9.59 Å². The molecule has 0 bridgehead atoms. The summed E-state index contributed by atoms with van der Waals surface area (Å²) in [6.07, 6.45) is 2.76. The minimum absolute atomic E-state index is 0. The Morgan fingerprint density at radius 1 is 1.24 bits per heavy atom. The summed E-state index contributed by atoms with van der Waals surface area (Å²) in [7, 11) is 0. The van der Waals surface area contributed by atoms with Gasteiger partial charge < -0.3 is 16.0 Å². The molecule has 138 valence electrons. The Hall–Kier alpha value is -1.59. The van der Waals surface area contributed by atoms with E-state index in [9.17, 15) is 9.59 Å². The molecule has 5 nitrogen and oxygen atoms in total. The summed E-state index contributed by atoms with van der Waals surface area (Å²) in [5.41, 5.74) is 8.61. The lowest BCUT2D eigenvalue weighted by Crippen LogP contribution is -2.55. The topological polar surface area (TPSA) is 75.4 Å². The van der Waals surface area contributed by atoms with Crippen LogP contribution in [-0.4, -0.2) is 30.4 Å². The van der Waals surface area contributed by atoms with Crippen LogP contribution < -0.4 is 16.0 Å². The summed E-state index contributed by atoms with van der Waals surface area (Å²) in [5, 5.41) is 3.06. The lowest BCUT2D eigenvalue weighted by atomic mass is 9.94. The first-order valence-corrected chi connectivity index (χ1v) is 8.76. The second kappa shape index (κ2) is 7.34. The number of anilines is 1. The number of nitrogens with one attached hydrogen (secondary N) is 1. The standard InChI is InChI=1S/C19H27N3O2.ClH/c1-12-8-13(2)10-15(9-12)22-7-6-16(18(22)24)17(23)21-19(3,11-20)14-4-5-14;/h8-10,14,16H,4-7,11,20H2,1-3H3,(H,21,23);1H. The summed E-state index contributed by atoms with van der Waals surface area (Å²) in [4.78, 5) is 27.2. The first-order valence-electron chi connectivity index (χ1n) is 8.76. The van der Waals surface area contributed by atoms with E-state index in [1.807, 2.05) is 32.9 Å². The van der Waals surface area contributed by atoms with Crippen LogP contribution in [0, 0.1) is 25.7 Å². The van der Waals surface area contributed by atoms with Gasteiger partial charge in [0.15, 0.2) is 0 Å². The second-order valence-corrected chi connectivity index (χ2v) is 7.56. The largest absolute Gasteiger partial charge is 0.349 e. The minimum Gasteiger partial charge on any atom is -0.349 e. The van der Waals surface area contributed by atoms with E-state index in [1.54, 1.807) is 4.90 Å². The van der Waals surface area contributed by atoms with Crippen LogP contribution in [0.5, 0.6) is 0 Å². The molecule has 2 fully saturated rings. The fourth-order valence-corrected chi connectivity index (χ4v) is 3.69. The lowest BCUT2D eigenvalue weighted by Gasteiger charge is -2.30. The summed E-state index contributed by atoms with van der Waals surface area (Å²) < 4.78 is 0. The minimum atomic E-state index is -0.601. The molecule has 2 aliphatic rings. The van der Waals surface area contributed by atoms with Crippen molar-refractivity contribution in [3.63, 3.8) is 0 Å². The third kappa shape index (κ3) is 3.98. The maximum atomic E-state index is 12.8. The van der Waals surface area contributed by atoms with Crippen LogP contribution in [0.1, 0.15) is 37.3 Å². The van der Waals surface area contributed by atoms with E-state index in [1.165, 1.54) is 0 Å². The molecule has 1 aliphatic heterocycles. The van der Waals surface area contributed by atoms with E-state index in [0.717, 1.165) is 29.7 Å². The Labute approximate surface area is 155 Å². The van der Waals surface area contributed by atoms with Gasteiger partial charge in [-0.3, -0.25) is 9.59 Å². The number of amides is 2. The first-order chi connectivity index (χ1) is 11.3. The number of hydrogen-bond donors (Lipinski definition) is 2. The van der Waals surface area contributed by atoms with E-state index in [0.29, 0.717) is 25.4 Å². The molecule has 3 rings (SSSR count). The Balaban J connectivity index is 0.00000225. The monoisotopic (exact) mass is 365 g/mol.